The van der Waals surface area contributed by atoms with Gasteiger partial charge in [0.05, 0.1) is 17.4 Å². The Hall–Kier alpha value is -2.37. The fourth-order valence-electron chi connectivity index (χ4n) is 1.83. The molecule has 0 aliphatic rings. The number of aromatic nitrogens is 3. The molecule has 0 spiro atoms. The zero-order chi connectivity index (χ0) is 13.8. The highest BCUT2D eigenvalue weighted by atomic mass is 16.2. The van der Waals surface area contributed by atoms with Gasteiger partial charge in [-0.1, -0.05) is 0 Å². The van der Waals surface area contributed by atoms with Crippen LogP contribution in [0.15, 0.2) is 30.7 Å². The molecular weight excluding hydrogens is 242 g/mol. The summed E-state index contributed by atoms with van der Waals surface area (Å²) in [6, 6.07) is 3.64. The first-order valence-corrected chi connectivity index (χ1v) is 6.10. The average Bonchev–Trinajstić information content (AvgIpc) is 2.80. The van der Waals surface area contributed by atoms with Crippen molar-refractivity contribution in [3.63, 3.8) is 0 Å². The fraction of sp³-hybridized carbons (Fsp3) is 0.308. The Kier molecular flexibility index (Phi) is 3.79. The molecule has 1 N–H and O–H groups in total. The van der Waals surface area contributed by atoms with Crippen molar-refractivity contribution in [1.29, 1.82) is 0 Å². The fourth-order valence-corrected chi connectivity index (χ4v) is 1.83. The maximum atomic E-state index is 12.2. The normalized spacial score (nSPS) is 10.3. The molecule has 1 amide bonds. The second-order valence-electron chi connectivity index (χ2n) is 4.16. The number of anilines is 1. The number of carbonyl (C=O) groups is 1. The van der Waals surface area contributed by atoms with E-state index in [1.54, 1.807) is 35.3 Å². The number of amides is 1. The van der Waals surface area contributed by atoms with Crippen molar-refractivity contribution in [3.05, 3.63) is 42.0 Å². The Bertz CT molecular complexity index is 564. The van der Waals surface area contributed by atoms with E-state index in [9.17, 15) is 4.79 Å². The molecule has 0 atom stereocenters. The van der Waals surface area contributed by atoms with Crippen LogP contribution >= 0.6 is 0 Å². The highest BCUT2D eigenvalue weighted by Gasteiger charge is 2.15. The van der Waals surface area contributed by atoms with Gasteiger partial charge in [0.1, 0.15) is 0 Å². The number of hydrogen-bond donors (Lipinski definition) is 1. The van der Waals surface area contributed by atoms with Crippen LogP contribution in [0.25, 0.3) is 0 Å². The van der Waals surface area contributed by atoms with E-state index in [4.69, 9.17) is 0 Å². The highest BCUT2D eigenvalue weighted by molar-refractivity contribution is 5.95. The van der Waals surface area contributed by atoms with Gasteiger partial charge in [-0.25, -0.2) is 0 Å². The third-order valence-corrected chi connectivity index (χ3v) is 2.97. The number of carbonyl (C=O) groups excluding carboxylic acids is 1. The third-order valence-electron chi connectivity index (χ3n) is 2.97. The summed E-state index contributed by atoms with van der Waals surface area (Å²) in [5.41, 5.74) is 5.12. The van der Waals surface area contributed by atoms with Crippen LogP contribution in [-0.2, 0) is 6.54 Å². The van der Waals surface area contributed by atoms with Crippen LogP contribution in [0.1, 0.15) is 23.0 Å². The maximum absolute atomic E-state index is 12.2. The number of hydrazine groups is 1. The predicted molar refractivity (Wildman–Crippen MR) is 72.7 cm³/mol. The predicted octanol–water partition coefficient (Wildman–Crippen LogP) is 1.39. The van der Waals surface area contributed by atoms with Gasteiger partial charge in [-0.2, -0.15) is 5.10 Å². The molecule has 2 rings (SSSR count). The van der Waals surface area contributed by atoms with Crippen LogP contribution in [-0.4, -0.2) is 27.7 Å². The lowest BCUT2D eigenvalue weighted by Gasteiger charge is -2.19. The monoisotopic (exact) mass is 259 g/mol. The second kappa shape index (κ2) is 5.51. The largest absolute Gasteiger partial charge is 0.288 e. The van der Waals surface area contributed by atoms with Crippen molar-refractivity contribution in [2.24, 2.45) is 0 Å². The molecule has 6 heteroatoms. The molecule has 0 aliphatic carbocycles. The van der Waals surface area contributed by atoms with Gasteiger partial charge >= 0.3 is 0 Å². The van der Waals surface area contributed by atoms with Crippen LogP contribution in [0.2, 0.25) is 0 Å². The first-order chi connectivity index (χ1) is 9.13. The van der Waals surface area contributed by atoms with Crippen LogP contribution < -0.4 is 10.4 Å². The number of aryl methyl sites for hydroxylation is 1. The van der Waals surface area contributed by atoms with Gasteiger partial charge in [0, 0.05) is 31.7 Å². The van der Waals surface area contributed by atoms with Crippen molar-refractivity contribution in [1.82, 2.24) is 20.2 Å². The van der Waals surface area contributed by atoms with Crippen LogP contribution in [0, 0.1) is 6.92 Å². The van der Waals surface area contributed by atoms with Crippen molar-refractivity contribution in [2.75, 3.05) is 12.1 Å². The summed E-state index contributed by atoms with van der Waals surface area (Å²) in [5.74, 6) is -0.170. The maximum Gasteiger partial charge on any atom is 0.273 e. The molecule has 0 unspecified atom stereocenters. The van der Waals surface area contributed by atoms with Gasteiger partial charge in [-0.3, -0.25) is 24.9 Å². The number of pyridine rings is 1. The molecule has 2 aromatic heterocycles. The molecule has 100 valence electrons. The molecule has 0 radical (unpaired) electrons. The Morgan fingerprint density at radius 2 is 2.11 bits per heavy atom. The molecule has 0 aliphatic heterocycles. The van der Waals surface area contributed by atoms with E-state index in [0.29, 0.717) is 5.56 Å². The third kappa shape index (κ3) is 2.73. The molecule has 0 bridgehead atoms. The minimum atomic E-state index is -0.170. The molecule has 0 aromatic carbocycles. The van der Waals surface area contributed by atoms with Crippen molar-refractivity contribution < 1.29 is 4.79 Å². The molecule has 0 saturated carbocycles. The van der Waals surface area contributed by atoms with E-state index < -0.39 is 0 Å². The summed E-state index contributed by atoms with van der Waals surface area (Å²) in [5, 5.41) is 5.82. The summed E-state index contributed by atoms with van der Waals surface area (Å²) in [6.45, 7) is 4.63. The SMILES string of the molecule is CCn1ncc(C(=O)NN(C)c2ccncc2)c1C. The van der Waals surface area contributed by atoms with Crippen LogP contribution in [0.3, 0.4) is 0 Å². The van der Waals surface area contributed by atoms with Gasteiger partial charge < -0.3 is 0 Å². The summed E-state index contributed by atoms with van der Waals surface area (Å²) in [4.78, 5) is 16.1. The quantitative estimate of drug-likeness (QED) is 0.843. The molecule has 19 heavy (non-hydrogen) atoms. The van der Waals surface area contributed by atoms with E-state index in [1.165, 1.54) is 0 Å². The molecule has 2 aromatic rings. The van der Waals surface area contributed by atoms with Crippen LogP contribution in [0.5, 0.6) is 0 Å². The Balaban J connectivity index is 2.11. The smallest absolute Gasteiger partial charge is 0.273 e. The second-order valence-corrected chi connectivity index (χ2v) is 4.16. The lowest BCUT2D eigenvalue weighted by atomic mass is 10.2. The van der Waals surface area contributed by atoms with Crippen molar-refractivity contribution in [3.8, 4) is 0 Å². The van der Waals surface area contributed by atoms with E-state index in [1.807, 2.05) is 26.0 Å². The molecule has 0 saturated heterocycles. The first kappa shape index (κ1) is 13.1. The van der Waals surface area contributed by atoms with Crippen molar-refractivity contribution in [2.45, 2.75) is 20.4 Å². The summed E-state index contributed by atoms with van der Waals surface area (Å²) in [7, 11) is 1.78. The van der Waals surface area contributed by atoms with E-state index in [-0.39, 0.29) is 5.91 Å². The topological polar surface area (TPSA) is 63.1 Å². The average molecular weight is 259 g/mol. The van der Waals surface area contributed by atoms with E-state index >= 15 is 0 Å². The minimum Gasteiger partial charge on any atom is -0.288 e. The molecular formula is C13H17N5O. The highest BCUT2D eigenvalue weighted by Crippen LogP contribution is 2.10. The molecule has 0 fully saturated rings. The lowest BCUT2D eigenvalue weighted by molar-refractivity contribution is 0.0950. The summed E-state index contributed by atoms with van der Waals surface area (Å²) in [6.07, 6.45) is 4.95. The van der Waals surface area contributed by atoms with Gasteiger partial charge in [-0.05, 0) is 26.0 Å². The van der Waals surface area contributed by atoms with Gasteiger partial charge in [0.25, 0.3) is 5.91 Å². The Morgan fingerprint density at radius 1 is 1.42 bits per heavy atom. The Morgan fingerprint density at radius 3 is 2.68 bits per heavy atom. The zero-order valence-electron chi connectivity index (χ0n) is 11.3. The van der Waals surface area contributed by atoms with Gasteiger partial charge in [0.15, 0.2) is 0 Å². The van der Waals surface area contributed by atoms with Crippen LogP contribution in [0.4, 0.5) is 5.69 Å². The van der Waals surface area contributed by atoms with E-state index in [0.717, 1.165) is 17.9 Å². The van der Waals surface area contributed by atoms with Gasteiger partial charge in [-0.15, -0.1) is 0 Å². The van der Waals surface area contributed by atoms with Gasteiger partial charge in [0.2, 0.25) is 0 Å². The number of rotatable bonds is 4. The summed E-state index contributed by atoms with van der Waals surface area (Å²) < 4.78 is 1.79. The van der Waals surface area contributed by atoms with Crippen molar-refractivity contribution >= 4 is 11.6 Å². The molecule has 6 nitrogen and oxygen atoms in total. The number of hydrogen-bond acceptors (Lipinski definition) is 4. The zero-order valence-corrected chi connectivity index (χ0v) is 11.3. The summed E-state index contributed by atoms with van der Waals surface area (Å²) >= 11 is 0. The lowest BCUT2D eigenvalue weighted by Crippen LogP contribution is -2.39. The minimum absolute atomic E-state index is 0.170. The first-order valence-electron chi connectivity index (χ1n) is 6.10. The number of nitrogens with one attached hydrogen (secondary N) is 1. The standard InChI is InChI=1S/C13H17N5O/c1-4-18-10(2)12(9-15-18)13(19)16-17(3)11-5-7-14-8-6-11/h5-9H,4H2,1-3H3,(H,16,19). The molecule has 2 heterocycles. The Labute approximate surface area is 112 Å². The van der Waals surface area contributed by atoms with E-state index in [2.05, 4.69) is 15.5 Å². The number of nitrogens with zero attached hydrogens (tertiary/aromatic N) is 4.